The number of nitrogens with one attached hydrogen (secondary N) is 1. The van der Waals surface area contributed by atoms with Crippen LogP contribution in [0.15, 0.2) is 0 Å². The summed E-state index contributed by atoms with van der Waals surface area (Å²) in [5.41, 5.74) is 1.14. The molecule has 0 aromatic rings. The zero-order valence-corrected chi connectivity index (χ0v) is 25.6. The maximum atomic E-state index is 3.38. The van der Waals surface area contributed by atoms with E-state index in [4.69, 9.17) is 0 Å². The predicted molar refractivity (Wildman–Crippen MR) is 157 cm³/mol. The lowest BCUT2D eigenvalue weighted by Gasteiger charge is -2.49. The zero-order valence-electron chi connectivity index (χ0n) is 25.6. The van der Waals surface area contributed by atoms with E-state index in [-0.39, 0.29) is 0 Å². The first-order valence-electron chi connectivity index (χ1n) is 15.6. The van der Waals surface area contributed by atoms with Gasteiger partial charge < -0.3 is 20.0 Å². The number of hydrogen-bond donors (Lipinski definition) is 1. The van der Waals surface area contributed by atoms with Gasteiger partial charge in [0.05, 0.1) is 0 Å². The fourth-order valence-corrected chi connectivity index (χ4v) is 6.56. The minimum absolute atomic E-state index is 0.509. The predicted octanol–water partition coefficient (Wildman–Crippen LogP) is 6.75. The Morgan fingerprint density at radius 3 is 2.09 bits per heavy atom. The molecule has 4 nitrogen and oxygen atoms in total. The third kappa shape index (κ3) is 12.8. The largest absolute Gasteiger partial charge is 0.320 e. The second-order valence-corrected chi connectivity index (χ2v) is 12.4. The van der Waals surface area contributed by atoms with Gasteiger partial charge in [0.15, 0.2) is 0 Å². The Bertz CT molecular complexity index is 496. The van der Waals surface area contributed by atoms with Crippen LogP contribution in [0.25, 0.3) is 0 Å². The van der Waals surface area contributed by atoms with Crippen molar-refractivity contribution >= 4 is 0 Å². The molecule has 1 heterocycles. The molecule has 1 N–H and O–H groups in total. The third-order valence-corrected chi connectivity index (χ3v) is 8.97. The standard InChI is InChI=1S/C29H60N4.C2H6/c1-7-11-27(13-22-31(5)20-8-2)12-9-21-32(6)25-28(3)17-23-33(24-18-28)26-29(14-10-15-29)16-19-30-4;1-2/h27,30H,7-26H2,1-6H3;1-2H3. The molecule has 1 atom stereocenters. The van der Waals surface area contributed by atoms with Gasteiger partial charge >= 0.3 is 0 Å². The zero-order chi connectivity index (χ0) is 26.2. The molecule has 0 aromatic carbocycles. The summed E-state index contributed by atoms with van der Waals surface area (Å²) in [6, 6.07) is 0. The molecule has 0 bridgehead atoms. The topological polar surface area (TPSA) is 21.8 Å². The lowest BCUT2D eigenvalue weighted by Crippen LogP contribution is -2.49. The smallest absolute Gasteiger partial charge is 0.00385 e. The molecular formula is C31H66N4. The highest BCUT2D eigenvalue weighted by Gasteiger charge is 2.40. The Morgan fingerprint density at radius 1 is 0.857 bits per heavy atom. The average Bonchev–Trinajstić information content (AvgIpc) is 2.82. The molecule has 0 amide bonds. The van der Waals surface area contributed by atoms with Crippen LogP contribution in [0, 0.1) is 16.7 Å². The van der Waals surface area contributed by atoms with Crippen LogP contribution in [0.1, 0.15) is 112 Å². The molecule has 1 aliphatic carbocycles. The molecule has 1 saturated heterocycles. The van der Waals surface area contributed by atoms with Gasteiger partial charge in [-0.05, 0) is 135 Å². The highest BCUT2D eigenvalue weighted by Crippen LogP contribution is 2.45. The Labute approximate surface area is 222 Å². The first-order valence-corrected chi connectivity index (χ1v) is 15.6. The van der Waals surface area contributed by atoms with E-state index in [1.54, 1.807) is 0 Å². The molecule has 1 aliphatic heterocycles. The normalized spacial score (nSPS) is 20.4. The van der Waals surface area contributed by atoms with E-state index < -0.39 is 0 Å². The molecular weight excluding hydrogens is 428 g/mol. The van der Waals surface area contributed by atoms with Crippen LogP contribution < -0.4 is 5.32 Å². The Hall–Kier alpha value is -0.160. The quantitative estimate of drug-likeness (QED) is 0.227. The molecule has 2 fully saturated rings. The summed E-state index contributed by atoms with van der Waals surface area (Å²) in [5.74, 6) is 0.920. The first-order chi connectivity index (χ1) is 16.8. The number of piperidine rings is 1. The van der Waals surface area contributed by atoms with Gasteiger partial charge in [-0.15, -0.1) is 0 Å². The second-order valence-electron chi connectivity index (χ2n) is 12.4. The van der Waals surface area contributed by atoms with E-state index in [0.29, 0.717) is 10.8 Å². The van der Waals surface area contributed by atoms with Gasteiger partial charge in [-0.1, -0.05) is 53.9 Å². The van der Waals surface area contributed by atoms with E-state index in [9.17, 15) is 0 Å². The Kier molecular flexibility index (Phi) is 17.0. The highest BCUT2D eigenvalue weighted by molar-refractivity contribution is 4.93. The number of likely N-dealkylation sites (tertiary alicyclic amines) is 1. The van der Waals surface area contributed by atoms with E-state index >= 15 is 0 Å². The van der Waals surface area contributed by atoms with Gasteiger partial charge in [0.2, 0.25) is 0 Å². The lowest BCUT2D eigenvalue weighted by atomic mass is 9.66. The van der Waals surface area contributed by atoms with Crippen LogP contribution in [0.5, 0.6) is 0 Å². The van der Waals surface area contributed by atoms with Crippen molar-refractivity contribution in [3.63, 3.8) is 0 Å². The van der Waals surface area contributed by atoms with Crippen LogP contribution in [-0.4, -0.2) is 88.2 Å². The van der Waals surface area contributed by atoms with E-state index in [1.165, 1.54) is 129 Å². The molecule has 210 valence electrons. The van der Waals surface area contributed by atoms with Crippen molar-refractivity contribution in [1.29, 1.82) is 0 Å². The monoisotopic (exact) mass is 495 g/mol. The summed E-state index contributed by atoms with van der Waals surface area (Å²) in [6.07, 6.45) is 16.7. The Morgan fingerprint density at radius 2 is 1.54 bits per heavy atom. The molecule has 4 heteroatoms. The van der Waals surface area contributed by atoms with Crippen molar-refractivity contribution in [3.8, 4) is 0 Å². The van der Waals surface area contributed by atoms with Gasteiger partial charge in [-0.2, -0.15) is 0 Å². The fourth-order valence-electron chi connectivity index (χ4n) is 6.56. The van der Waals surface area contributed by atoms with Crippen LogP contribution in [0.2, 0.25) is 0 Å². The number of nitrogens with zero attached hydrogens (tertiary/aromatic N) is 3. The summed E-state index contributed by atoms with van der Waals surface area (Å²) < 4.78 is 0. The van der Waals surface area contributed by atoms with Gasteiger partial charge in [0.25, 0.3) is 0 Å². The molecule has 2 aliphatic rings. The first kappa shape index (κ1) is 32.9. The SMILES string of the molecule is CC.CCCC(CCCN(C)CC1(C)CCN(CC2(CCNC)CCC2)CC1)CCN(C)CCC. The van der Waals surface area contributed by atoms with E-state index in [1.807, 2.05) is 13.8 Å². The molecule has 1 saturated carbocycles. The van der Waals surface area contributed by atoms with E-state index in [0.717, 1.165) is 5.92 Å². The molecule has 0 spiro atoms. The van der Waals surface area contributed by atoms with Crippen LogP contribution in [0.3, 0.4) is 0 Å². The van der Waals surface area contributed by atoms with Crippen LogP contribution in [0.4, 0.5) is 0 Å². The maximum absolute atomic E-state index is 3.38. The summed E-state index contributed by atoms with van der Waals surface area (Å²) in [7, 11) is 6.77. The second kappa shape index (κ2) is 18.2. The lowest BCUT2D eigenvalue weighted by molar-refractivity contribution is 0.0178. The molecule has 1 unspecified atom stereocenters. The summed E-state index contributed by atoms with van der Waals surface area (Å²) in [4.78, 5) is 7.99. The Balaban J connectivity index is 0.00000298. The van der Waals surface area contributed by atoms with Crippen LogP contribution >= 0.6 is 0 Å². The molecule has 2 rings (SSSR count). The van der Waals surface area contributed by atoms with Gasteiger partial charge in [0.1, 0.15) is 0 Å². The minimum Gasteiger partial charge on any atom is -0.320 e. The van der Waals surface area contributed by atoms with Crippen molar-refractivity contribution < 1.29 is 0 Å². The minimum atomic E-state index is 0.509. The van der Waals surface area contributed by atoms with Gasteiger partial charge in [-0.3, -0.25) is 0 Å². The average molecular weight is 495 g/mol. The summed E-state index contributed by atoms with van der Waals surface area (Å²) in [5, 5.41) is 3.38. The van der Waals surface area contributed by atoms with Crippen LogP contribution in [-0.2, 0) is 0 Å². The number of rotatable bonds is 18. The van der Waals surface area contributed by atoms with Crippen molar-refractivity contribution in [1.82, 2.24) is 20.0 Å². The molecule has 0 radical (unpaired) electrons. The van der Waals surface area contributed by atoms with Crippen molar-refractivity contribution in [2.75, 3.05) is 73.5 Å². The van der Waals surface area contributed by atoms with E-state index in [2.05, 4.69) is 61.9 Å². The van der Waals surface area contributed by atoms with Gasteiger partial charge in [-0.25, -0.2) is 0 Å². The molecule has 0 aromatic heterocycles. The van der Waals surface area contributed by atoms with Crippen molar-refractivity contribution in [2.45, 2.75) is 112 Å². The van der Waals surface area contributed by atoms with Gasteiger partial charge in [0, 0.05) is 13.1 Å². The maximum Gasteiger partial charge on any atom is 0.00385 e. The van der Waals surface area contributed by atoms with Crippen molar-refractivity contribution in [2.24, 2.45) is 16.7 Å². The summed E-state index contributed by atoms with van der Waals surface area (Å²) in [6.45, 7) is 21.5. The number of hydrogen-bond acceptors (Lipinski definition) is 4. The highest BCUT2D eigenvalue weighted by atomic mass is 15.2. The summed E-state index contributed by atoms with van der Waals surface area (Å²) >= 11 is 0. The fraction of sp³-hybridized carbons (Fsp3) is 1.00. The van der Waals surface area contributed by atoms with Crippen molar-refractivity contribution in [3.05, 3.63) is 0 Å². The third-order valence-electron chi connectivity index (χ3n) is 8.97. The molecule has 35 heavy (non-hydrogen) atoms.